The Balaban J connectivity index is 3.11. The van der Waals surface area contributed by atoms with E-state index in [0.717, 1.165) is 6.42 Å². The first-order valence-corrected chi connectivity index (χ1v) is 12.6. The SMILES string of the molecule is CCCCCCCCCCCCCCCCCCCCOC(=O)CC(C)(C)C. The van der Waals surface area contributed by atoms with Gasteiger partial charge in [-0.15, -0.1) is 0 Å². The normalized spacial score (nSPS) is 11.7. The fourth-order valence-electron chi connectivity index (χ4n) is 3.67. The molecule has 0 rings (SSSR count). The van der Waals surface area contributed by atoms with E-state index in [1.807, 2.05) is 0 Å². The summed E-state index contributed by atoms with van der Waals surface area (Å²) in [6, 6.07) is 0. The highest BCUT2D eigenvalue weighted by Crippen LogP contribution is 2.19. The zero-order valence-electron chi connectivity index (χ0n) is 20.0. The molecule has 0 saturated heterocycles. The Morgan fingerprint density at radius 3 is 1.21 bits per heavy atom. The first-order chi connectivity index (χ1) is 13.5. The number of rotatable bonds is 20. The lowest BCUT2D eigenvalue weighted by atomic mass is 9.92. The minimum absolute atomic E-state index is 0.0327. The van der Waals surface area contributed by atoms with Gasteiger partial charge in [-0.25, -0.2) is 0 Å². The molecule has 0 aliphatic heterocycles. The van der Waals surface area contributed by atoms with Crippen molar-refractivity contribution in [2.24, 2.45) is 5.41 Å². The van der Waals surface area contributed by atoms with Gasteiger partial charge in [0.05, 0.1) is 13.0 Å². The summed E-state index contributed by atoms with van der Waals surface area (Å²) in [7, 11) is 0. The summed E-state index contributed by atoms with van der Waals surface area (Å²) < 4.78 is 5.31. The molecular weight excluding hydrogens is 344 g/mol. The number of hydrogen-bond donors (Lipinski definition) is 0. The van der Waals surface area contributed by atoms with Crippen molar-refractivity contribution in [3.63, 3.8) is 0 Å². The second kappa shape index (κ2) is 19.8. The third-order valence-corrected chi connectivity index (χ3v) is 5.44. The molecule has 0 spiro atoms. The summed E-state index contributed by atoms with van der Waals surface area (Å²) in [5.74, 6) is -0.0422. The molecule has 0 aliphatic carbocycles. The molecule has 0 aromatic carbocycles. The van der Waals surface area contributed by atoms with Crippen molar-refractivity contribution in [1.29, 1.82) is 0 Å². The smallest absolute Gasteiger partial charge is 0.306 e. The van der Waals surface area contributed by atoms with E-state index in [0.29, 0.717) is 13.0 Å². The lowest BCUT2D eigenvalue weighted by Crippen LogP contribution is -2.15. The largest absolute Gasteiger partial charge is 0.466 e. The minimum Gasteiger partial charge on any atom is -0.466 e. The van der Waals surface area contributed by atoms with E-state index in [4.69, 9.17) is 4.74 Å². The van der Waals surface area contributed by atoms with E-state index in [2.05, 4.69) is 27.7 Å². The van der Waals surface area contributed by atoms with Gasteiger partial charge in [0.25, 0.3) is 0 Å². The van der Waals surface area contributed by atoms with Gasteiger partial charge in [0.2, 0.25) is 0 Å². The molecule has 0 amide bonds. The Hall–Kier alpha value is -0.530. The van der Waals surface area contributed by atoms with Crippen LogP contribution in [0, 0.1) is 5.41 Å². The fourth-order valence-corrected chi connectivity index (χ4v) is 3.67. The molecule has 0 aromatic rings. The van der Waals surface area contributed by atoms with E-state index in [1.54, 1.807) is 0 Å². The van der Waals surface area contributed by atoms with E-state index in [-0.39, 0.29) is 11.4 Å². The number of esters is 1. The molecule has 0 N–H and O–H groups in total. The van der Waals surface area contributed by atoms with Gasteiger partial charge in [-0.2, -0.15) is 0 Å². The molecule has 0 fully saturated rings. The van der Waals surface area contributed by atoms with Crippen molar-refractivity contribution in [1.82, 2.24) is 0 Å². The third kappa shape index (κ3) is 23.5. The summed E-state index contributed by atoms with van der Waals surface area (Å²) in [5, 5.41) is 0. The summed E-state index contributed by atoms with van der Waals surface area (Å²) in [6.45, 7) is 9.12. The van der Waals surface area contributed by atoms with Crippen molar-refractivity contribution in [3.8, 4) is 0 Å². The number of hydrogen-bond acceptors (Lipinski definition) is 2. The second-order valence-corrected chi connectivity index (χ2v) is 9.97. The first-order valence-electron chi connectivity index (χ1n) is 12.6. The second-order valence-electron chi connectivity index (χ2n) is 9.97. The van der Waals surface area contributed by atoms with Gasteiger partial charge in [0.1, 0.15) is 0 Å². The van der Waals surface area contributed by atoms with Crippen molar-refractivity contribution in [2.75, 3.05) is 6.61 Å². The van der Waals surface area contributed by atoms with Crippen LogP contribution in [0.4, 0.5) is 0 Å². The highest BCUT2D eigenvalue weighted by molar-refractivity contribution is 5.70. The maximum absolute atomic E-state index is 11.6. The topological polar surface area (TPSA) is 26.3 Å². The lowest BCUT2D eigenvalue weighted by molar-refractivity contribution is -0.145. The number of ether oxygens (including phenoxy) is 1. The zero-order chi connectivity index (χ0) is 20.9. The number of carbonyl (C=O) groups excluding carboxylic acids is 1. The van der Waals surface area contributed by atoms with Crippen molar-refractivity contribution in [2.45, 2.75) is 150 Å². The molecule has 28 heavy (non-hydrogen) atoms. The monoisotopic (exact) mass is 396 g/mol. The molecule has 0 aliphatic rings. The molecular formula is C26H52O2. The Morgan fingerprint density at radius 2 is 0.893 bits per heavy atom. The van der Waals surface area contributed by atoms with Crippen LogP contribution in [0.3, 0.4) is 0 Å². The minimum atomic E-state index is -0.0422. The Kier molecular flexibility index (Phi) is 19.4. The zero-order valence-corrected chi connectivity index (χ0v) is 20.0. The van der Waals surface area contributed by atoms with Gasteiger partial charge in [-0.05, 0) is 11.8 Å². The summed E-state index contributed by atoms with van der Waals surface area (Å²) in [4.78, 5) is 11.6. The van der Waals surface area contributed by atoms with Crippen LogP contribution < -0.4 is 0 Å². The summed E-state index contributed by atoms with van der Waals surface area (Å²) in [6.07, 6.45) is 25.4. The highest BCUT2D eigenvalue weighted by atomic mass is 16.5. The predicted molar refractivity (Wildman–Crippen MR) is 124 cm³/mol. The van der Waals surface area contributed by atoms with Crippen LogP contribution >= 0.6 is 0 Å². The van der Waals surface area contributed by atoms with Crippen LogP contribution in [0.2, 0.25) is 0 Å². The molecule has 0 atom stereocenters. The van der Waals surface area contributed by atoms with Gasteiger partial charge in [-0.3, -0.25) is 4.79 Å². The van der Waals surface area contributed by atoms with E-state index in [9.17, 15) is 4.79 Å². The lowest BCUT2D eigenvalue weighted by Gasteiger charge is -2.16. The average Bonchev–Trinajstić information content (AvgIpc) is 2.62. The third-order valence-electron chi connectivity index (χ3n) is 5.44. The predicted octanol–water partition coefficient (Wildman–Crippen LogP) is 9.01. The molecule has 168 valence electrons. The van der Waals surface area contributed by atoms with Crippen LogP contribution in [-0.4, -0.2) is 12.6 Å². The molecule has 0 radical (unpaired) electrons. The van der Waals surface area contributed by atoms with Crippen LogP contribution in [0.25, 0.3) is 0 Å². The molecule has 2 heteroatoms. The summed E-state index contributed by atoms with van der Waals surface area (Å²) >= 11 is 0. The van der Waals surface area contributed by atoms with Gasteiger partial charge in [0.15, 0.2) is 0 Å². The number of unbranched alkanes of at least 4 members (excludes halogenated alkanes) is 17. The Morgan fingerprint density at radius 1 is 0.571 bits per heavy atom. The molecule has 0 bridgehead atoms. The van der Waals surface area contributed by atoms with Crippen LogP contribution in [0.1, 0.15) is 150 Å². The summed E-state index contributed by atoms with van der Waals surface area (Å²) in [5.41, 5.74) is 0.0327. The Bertz CT molecular complexity index is 330. The van der Waals surface area contributed by atoms with E-state index in [1.165, 1.54) is 109 Å². The van der Waals surface area contributed by atoms with Crippen LogP contribution in [0.15, 0.2) is 0 Å². The molecule has 0 heterocycles. The first kappa shape index (κ1) is 27.5. The van der Waals surface area contributed by atoms with Gasteiger partial charge >= 0.3 is 5.97 Å². The molecule has 0 unspecified atom stereocenters. The fraction of sp³-hybridized carbons (Fsp3) is 0.962. The average molecular weight is 397 g/mol. The quantitative estimate of drug-likeness (QED) is 0.151. The van der Waals surface area contributed by atoms with Gasteiger partial charge in [0, 0.05) is 0 Å². The van der Waals surface area contributed by atoms with Gasteiger partial charge < -0.3 is 4.74 Å². The Labute approximate surface area is 177 Å². The van der Waals surface area contributed by atoms with E-state index >= 15 is 0 Å². The van der Waals surface area contributed by atoms with Crippen LogP contribution in [-0.2, 0) is 9.53 Å². The van der Waals surface area contributed by atoms with Crippen LogP contribution in [0.5, 0.6) is 0 Å². The standard InChI is InChI=1S/C26H52O2/c1-5-6-7-8-9-10-11-12-13-14-15-16-17-18-19-20-21-22-23-28-25(27)24-26(2,3)4/h5-24H2,1-4H3. The molecule has 0 saturated carbocycles. The molecule has 2 nitrogen and oxygen atoms in total. The van der Waals surface area contributed by atoms with Crippen molar-refractivity contribution < 1.29 is 9.53 Å². The maximum Gasteiger partial charge on any atom is 0.306 e. The molecule has 0 aromatic heterocycles. The van der Waals surface area contributed by atoms with E-state index < -0.39 is 0 Å². The van der Waals surface area contributed by atoms with Crippen molar-refractivity contribution >= 4 is 5.97 Å². The van der Waals surface area contributed by atoms with Gasteiger partial charge in [-0.1, -0.05) is 137 Å². The van der Waals surface area contributed by atoms with Crippen molar-refractivity contribution in [3.05, 3.63) is 0 Å². The number of carbonyl (C=O) groups is 1. The highest BCUT2D eigenvalue weighted by Gasteiger charge is 2.16. The maximum atomic E-state index is 11.6.